The zero-order valence-electron chi connectivity index (χ0n) is 12.8. The summed E-state index contributed by atoms with van der Waals surface area (Å²) in [7, 11) is 0. The summed E-state index contributed by atoms with van der Waals surface area (Å²) in [4.78, 5) is 0. The topological polar surface area (TPSA) is 0 Å². The Morgan fingerprint density at radius 3 is 2.09 bits per heavy atom. The van der Waals surface area contributed by atoms with Crippen molar-refractivity contribution >= 4 is 0 Å². The molecule has 124 valence electrons. The largest absolute Gasteiger partial charge is 0.273 e. The second kappa shape index (κ2) is 8.54. The lowest BCUT2D eigenvalue weighted by Crippen LogP contribution is -2.13. The highest BCUT2D eigenvalue weighted by Gasteiger charge is 2.24. The van der Waals surface area contributed by atoms with Crippen LogP contribution in [0.5, 0.6) is 0 Å². The lowest BCUT2D eigenvalue weighted by Gasteiger charge is -2.29. The van der Waals surface area contributed by atoms with E-state index in [1.54, 1.807) is 12.1 Å². The van der Waals surface area contributed by atoms with Crippen molar-refractivity contribution in [2.45, 2.75) is 63.5 Å². The fourth-order valence-electron chi connectivity index (χ4n) is 3.41. The first kappa shape index (κ1) is 17.3. The molecule has 0 amide bonds. The highest BCUT2D eigenvalue weighted by Crippen LogP contribution is 2.38. The van der Waals surface area contributed by atoms with Crippen LogP contribution in [-0.2, 0) is 0 Å². The first-order valence-corrected chi connectivity index (χ1v) is 8.20. The number of alkyl halides is 4. The summed E-state index contributed by atoms with van der Waals surface area (Å²) >= 11 is 0. The van der Waals surface area contributed by atoms with Crippen LogP contribution in [0.4, 0.5) is 17.6 Å². The molecule has 0 aliphatic heterocycles. The van der Waals surface area contributed by atoms with E-state index >= 15 is 0 Å². The van der Waals surface area contributed by atoms with Gasteiger partial charge in [0.15, 0.2) is 6.17 Å². The Kier molecular flexibility index (Phi) is 6.71. The van der Waals surface area contributed by atoms with Crippen LogP contribution in [0.15, 0.2) is 24.3 Å². The minimum atomic E-state index is -2.97. The second-order valence-corrected chi connectivity index (χ2v) is 6.31. The number of benzene rings is 1. The van der Waals surface area contributed by atoms with Crippen LogP contribution in [0.3, 0.4) is 0 Å². The standard InChI is InChI=1S/C18H24F4/c19-12-2-1-3-13-4-6-14(7-5-13)15-8-10-16(11-9-15)17(20)18(21)22/h8-11,13-14,17-18H,1-7,12H2. The summed E-state index contributed by atoms with van der Waals surface area (Å²) in [5, 5.41) is 0. The van der Waals surface area contributed by atoms with Gasteiger partial charge in [-0.1, -0.05) is 37.1 Å². The zero-order valence-corrected chi connectivity index (χ0v) is 12.8. The Morgan fingerprint density at radius 1 is 0.909 bits per heavy atom. The molecule has 1 fully saturated rings. The zero-order chi connectivity index (χ0) is 15.9. The quantitative estimate of drug-likeness (QED) is 0.404. The summed E-state index contributed by atoms with van der Waals surface area (Å²) < 4.78 is 50.0. The molecule has 22 heavy (non-hydrogen) atoms. The minimum Gasteiger partial charge on any atom is -0.251 e. The molecule has 4 heteroatoms. The Hall–Kier alpha value is -1.06. The van der Waals surface area contributed by atoms with E-state index in [4.69, 9.17) is 0 Å². The van der Waals surface area contributed by atoms with Crippen LogP contribution in [0.1, 0.15) is 68.2 Å². The van der Waals surface area contributed by atoms with Crippen molar-refractivity contribution in [2.24, 2.45) is 5.92 Å². The molecule has 1 aromatic carbocycles. The van der Waals surface area contributed by atoms with Crippen LogP contribution < -0.4 is 0 Å². The van der Waals surface area contributed by atoms with Gasteiger partial charge in [0.2, 0.25) is 0 Å². The molecule has 2 rings (SSSR count). The van der Waals surface area contributed by atoms with Crippen LogP contribution in [0.25, 0.3) is 0 Å². The molecule has 1 unspecified atom stereocenters. The summed E-state index contributed by atoms with van der Waals surface area (Å²) in [6, 6.07) is 6.55. The molecule has 0 aromatic heterocycles. The van der Waals surface area contributed by atoms with Gasteiger partial charge in [-0.3, -0.25) is 4.39 Å². The third kappa shape index (κ3) is 4.72. The van der Waals surface area contributed by atoms with Crippen molar-refractivity contribution in [2.75, 3.05) is 6.67 Å². The summed E-state index contributed by atoms with van der Waals surface area (Å²) in [6.45, 7) is -0.226. The van der Waals surface area contributed by atoms with Gasteiger partial charge >= 0.3 is 0 Å². The summed E-state index contributed by atoms with van der Waals surface area (Å²) in [5.74, 6) is 1.13. The van der Waals surface area contributed by atoms with E-state index in [9.17, 15) is 17.6 Å². The maximum atomic E-state index is 13.3. The first-order valence-electron chi connectivity index (χ1n) is 8.20. The maximum Gasteiger partial charge on any atom is 0.273 e. The van der Waals surface area contributed by atoms with E-state index in [0.29, 0.717) is 18.3 Å². The third-order valence-electron chi connectivity index (χ3n) is 4.79. The van der Waals surface area contributed by atoms with E-state index in [0.717, 1.165) is 44.1 Å². The van der Waals surface area contributed by atoms with Gasteiger partial charge in [-0.2, -0.15) is 0 Å². The summed E-state index contributed by atoms with van der Waals surface area (Å²) in [6.07, 6.45) is 2.00. The van der Waals surface area contributed by atoms with E-state index in [1.807, 2.05) is 0 Å². The molecule has 0 saturated heterocycles. The molecule has 0 N–H and O–H groups in total. The highest BCUT2D eigenvalue weighted by atomic mass is 19.3. The van der Waals surface area contributed by atoms with E-state index in [1.165, 1.54) is 12.1 Å². The molecule has 0 nitrogen and oxygen atoms in total. The maximum absolute atomic E-state index is 13.3. The monoisotopic (exact) mass is 316 g/mol. The first-order chi connectivity index (χ1) is 10.6. The fraction of sp³-hybridized carbons (Fsp3) is 0.667. The smallest absolute Gasteiger partial charge is 0.251 e. The average Bonchev–Trinajstić information content (AvgIpc) is 2.55. The SMILES string of the molecule is FCCCCC1CCC(c2ccc(C(F)C(F)F)cc2)CC1. The molecule has 1 aliphatic carbocycles. The molecule has 1 aromatic rings. The molecule has 0 radical (unpaired) electrons. The van der Waals surface area contributed by atoms with Gasteiger partial charge in [0.05, 0.1) is 6.67 Å². The Morgan fingerprint density at radius 2 is 1.55 bits per heavy atom. The molecule has 1 aliphatic rings. The van der Waals surface area contributed by atoms with Crippen LogP contribution in [-0.4, -0.2) is 13.1 Å². The molecule has 0 spiro atoms. The van der Waals surface area contributed by atoms with Crippen molar-refractivity contribution in [3.8, 4) is 0 Å². The fourth-order valence-corrected chi connectivity index (χ4v) is 3.41. The van der Waals surface area contributed by atoms with Gasteiger partial charge in [0, 0.05) is 0 Å². The Bertz CT molecular complexity index is 421. The van der Waals surface area contributed by atoms with E-state index in [2.05, 4.69) is 0 Å². The second-order valence-electron chi connectivity index (χ2n) is 6.31. The number of halogens is 4. The number of hydrogen-bond acceptors (Lipinski definition) is 0. The van der Waals surface area contributed by atoms with Gasteiger partial charge in [-0.15, -0.1) is 0 Å². The third-order valence-corrected chi connectivity index (χ3v) is 4.79. The van der Waals surface area contributed by atoms with Crippen LogP contribution >= 0.6 is 0 Å². The van der Waals surface area contributed by atoms with Gasteiger partial charge in [0.1, 0.15) is 0 Å². The molecule has 1 saturated carbocycles. The highest BCUT2D eigenvalue weighted by molar-refractivity contribution is 5.27. The van der Waals surface area contributed by atoms with Crippen molar-refractivity contribution in [3.63, 3.8) is 0 Å². The number of rotatable bonds is 7. The van der Waals surface area contributed by atoms with Crippen LogP contribution in [0.2, 0.25) is 0 Å². The molecule has 1 atom stereocenters. The lowest BCUT2D eigenvalue weighted by molar-refractivity contribution is 0.0495. The van der Waals surface area contributed by atoms with Gasteiger partial charge < -0.3 is 0 Å². The summed E-state index contributed by atoms with van der Waals surface area (Å²) in [5.41, 5.74) is 1.17. The van der Waals surface area contributed by atoms with E-state index < -0.39 is 12.6 Å². The molecule has 0 bridgehead atoms. The van der Waals surface area contributed by atoms with Gasteiger partial charge in [-0.05, 0) is 55.1 Å². The average molecular weight is 316 g/mol. The van der Waals surface area contributed by atoms with Crippen molar-refractivity contribution in [1.82, 2.24) is 0 Å². The molecular formula is C18H24F4. The lowest BCUT2D eigenvalue weighted by atomic mass is 9.77. The van der Waals surface area contributed by atoms with Crippen LogP contribution in [0, 0.1) is 5.92 Å². The van der Waals surface area contributed by atoms with Gasteiger partial charge in [0.25, 0.3) is 6.43 Å². The number of hydrogen-bond donors (Lipinski definition) is 0. The van der Waals surface area contributed by atoms with Crippen molar-refractivity contribution in [3.05, 3.63) is 35.4 Å². The Balaban J connectivity index is 1.84. The molecular weight excluding hydrogens is 292 g/mol. The van der Waals surface area contributed by atoms with E-state index in [-0.39, 0.29) is 12.2 Å². The minimum absolute atomic E-state index is 0.0543. The predicted molar refractivity (Wildman–Crippen MR) is 80.8 cm³/mol. The van der Waals surface area contributed by atoms with Crippen molar-refractivity contribution in [1.29, 1.82) is 0 Å². The van der Waals surface area contributed by atoms with Gasteiger partial charge in [-0.25, -0.2) is 13.2 Å². The normalized spacial score (nSPS) is 23.7. The molecule has 0 heterocycles. The predicted octanol–water partition coefficient (Wildman–Crippen LogP) is 6.38. The van der Waals surface area contributed by atoms with Crippen molar-refractivity contribution < 1.29 is 17.6 Å². The Labute approximate surface area is 129 Å². The number of unbranched alkanes of at least 4 members (excludes halogenated alkanes) is 1.